The lowest BCUT2D eigenvalue weighted by atomic mass is 10.1. The summed E-state index contributed by atoms with van der Waals surface area (Å²) in [4.78, 5) is 25.9. The summed E-state index contributed by atoms with van der Waals surface area (Å²) in [6.45, 7) is 1.55. The van der Waals surface area contributed by atoms with Crippen LogP contribution in [0.1, 0.15) is 44.9 Å². The Morgan fingerprint density at radius 3 is 2.33 bits per heavy atom. The van der Waals surface area contributed by atoms with Crippen LogP contribution in [0.15, 0.2) is 0 Å². The van der Waals surface area contributed by atoms with E-state index in [1.165, 1.54) is 12.8 Å². The lowest BCUT2D eigenvalue weighted by molar-refractivity contribution is -0.132. The van der Waals surface area contributed by atoms with Gasteiger partial charge in [0.2, 0.25) is 11.8 Å². The zero-order chi connectivity index (χ0) is 12.5. The Balaban J connectivity index is 1.46. The van der Waals surface area contributed by atoms with Crippen molar-refractivity contribution in [1.82, 2.24) is 10.2 Å². The maximum Gasteiger partial charge on any atom is 0.225 e. The molecule has 1 atom stereocenters. The van der Waals surface area contributed by atoms with Crippen LogP contribution >= 0.6 is 0 Å². The van der Waals surface area contributed by atoms with Gasteiger partial charge in [-0.2, -0.15) is 0 Å². The predicted octanol–water partition coefficient (Wildman–Crippen LogP) is 1.30. The summed E-state index contributed by atoms with van der Waals surface area (Å²) in [7, 11) is 0. The average molecular weight is 250 g/mol. The standard InChI is InChI=1S/C14H22N2O2/c17-13(10-3-1-2-4-10)15-12-7-8-16(9-12)14(18)11-5-6-11/h10-12H,1-9H2,(H,15,17). The second kappa shape index (κ2) is 4.90. The van der Waals surface area contributed by atoms with Crippen LogP contribution in [-0.4, -0.2) is 35.8 Å². The van der Waals surface area contributed by atoms with E-state index in [1.54, 1.807) is 0 Å². The molecule has 0 bridgehead atoms. The van der Waals surface area contributed by atoms with E-state index in [0.29, 0.717) is 11.8 Å². The lowest BCUT2D eigenvalue weighted by Crippen LogP contribution is -2.41. The summed E-state index contributed by atoms with van der Waals surface area (Å²) in [6, 6.07) is 0.195. The van der Waals surface area contributed by atoms with Gasteiger partial charge in [0.1, 0.15) is 0 Å². The van der Waals surface area contributed by atoms with Crippen LogP contribution < -0.4 is 5.32 Å². The zero-order valence-electron chi connectivity index (χ0n) is 10.9. The molecule has 1 saturated heterocycles. The molecule has 3 fully saturated rings. The van der Waals surface area contributed by atoms with E-state index in [-0.39, 0.29) is 17.9 Å². The highest BCUT2D eigenvalue weighted by Gasteiger charge is 2.37. The van der Waals surface area contributed by atoms with E-state index >= 15 is 0 Å². The summed E-state index contributed by atoms with van der Waals surface area (Å²) < 4.78 is 0. The quantitative estimate of drug-likeness (QED) is 0.821. The minimum atomic E-state index is 0.195. The largest absolute Gasteiger partial charge is 0.351 e. The zero-order valence-corrected chi connectivity index (χ0v) is 10.9. The van der Waals surface area contributed by atoms with Crippen molar-refractivity contribution < 1.29 is 9.59 Å². The number of nitrogens with one attached hydrogen (secondary N) is 1. The van der Waals surface area contributed by atoms with Crippen molar-refractivity contribution in [3.05, 3.63) is 0 Å². The van der Waals surface area contributed by atoms with Crippen LogP contribution in [0, 0.1) is 11.8 Å². The van der Waals surface area contributed by atoms with Crippen molar-refractivity contribution in [2.75, 3.05) is 13.1 Å². The van der Waals surface area contributed by atoms with Crippen molar-refractivity contribution in [3.63, 3.8) is 0 Å². The smallest absolute Gasteiger partial charge is 0.225 e. The Labute approximate surface area is 108 Å². The monoisotopic (exact) mass is 250 g/mol. The summed E-state index contributed by atoms with van der Waals surface area (Å²) in [5.74, 6) is 1.07. The molecule has 2 saturated carbocycles. The first-order valence-corrected chi connectivity index (χ1v) is 7.33. The Morgan fingerprint density at radius 2 is 1.67 bits per heavy atom. The summed E-state index contributed by atoms with van der Waals surface area (Å²) >= 11 is 0. The molecule has 100 valence electrons. The van der Waals surface area contributed by atoms with E-state index in [1.807, 2.05) is 4.90 Å². The number of nitrogens with zero attached hydrogens (tertiary/aromatic N) is 1. The van der Waals surface area contributed by atoms with Crippen LogP contribution in [0.4, 0.5) is 0 Å². The average Bonchev–Trinajstić information content (AvgIpc) is 2.90. The highest BCUT2D eigenvalue weighted by atomic mass is 16.2. The van der Waals surface area contributed by atoms with Gasteiger partial charge < -0.3 is 10.2 Å². The van der Waals surface area contributed by atoms with Gasteiger partial charge in [-0.05, 0) is 32.1 Å². The summed E-state index contributed by atoms with van der Waals surface area (Å²) in [6.07, 6.45) is 7.52. The first-order valence-electron chi connectivity index (χ1n) is 7.33. The molecule has 18 heavy (non-hydrogen) atoms. The maximum atomic E-state index is 12.0. The molecular weight excluding hydrogens is 228 g/mol. The molecule has 3 rings (SSSR count). The lowest BCUT2D eigenvalue weighted by Gasteiger charge is -2.18. The van der Waals surface area contributed by atoms with Gasteiger partial charge in [0.25, 0.3) is 0 Å². The first kappa shape index (κ1) is 12.0. The van der Waals surface area contributed by atoms with Crippen molar-refractivity contribution in [1.29, 1.82) is 0 Å². The van der Waals surface area contributed by atoms with Crippen LogP contribution in [-0.2, 0) is 9.59 Å². The SMILES string of the molecule is O=C(NC1CCN(C(=O)C2CC2)C1)C1CCCC1. The fourth-order valence-corrected chi connectivity index (χ4v) is 3.17. The Kier molecular flexibility index (Phi) is 3.27. The molecule has 3 aliphatic rings. The van der Waals surface area contributed by atoms with Crippen LogP contribution in [0.25, 0.3) is 0 Å². The predicted molar refractivity (Wildman–Crippen MR) is 67.8 cm³/mol. The van der Waals surface area contributed by atoms with Crippen LogP contribution in [0.5, 0.6) is 0 Å². The molecule has 2 aliphatic carbocycles. The van der Waals surface area contributed by atoms with Crippen molar-refractivity contribution in [3.8, 4) is 0 Å². The van der Waals surface area contributed by atoms with Gasteiger partial charge in [-0.25, -0.2) is 0 Å². The van der Waals surface area contributed by atoms with Gasteiger partial charge >= 0.3 is 0 Å². The van der Waals surface area contributed by atoms with Gasteiger partial charge in [-0.3, -0.25) is 9.59 Å². The first-order chi connectivity index (χ1) is 8.74. The maximum absolute atomic E-state index is 12.0. The number of likely N-dealkylation sites (tertiary alicyclic amines) is 1. The normalized spacial score (nSPS) is 28.7. The molecule has 0 spiro atoms. The van der Waals surface area contributed by atoms with Crippen LogP contribution in [0.2, 0.25) is 0 Å². The van der Waals surface area contributed by atoms with Crippen molar-refractivity contribution in [2.24, 2.45) is 11.8 Å². The Hall–Kier alpha value is -1.06. The molecule has 1 N–H and O–H groups in total. The van der Waals surface area contributed by atoms with E-state index in [4.69, 9.17) is 0 Å². The Bertz CT molecular complexity index is 346. The number of carbonyl (C=O) groups is 2. The second-order valence-corrected chi connectivity index (χ2v) is 6.03. The molecule has 0 aromatic carbocycles. The van der Waals surface area contributed by atoms with Gasteiger partial charge in [0, 0.05) is 31.0 Å². The number of rotatable bonds is 3. The molecule has 2 amide bonds. The van der Waals surface area contributed by atoms with Gasteiger partial charge in [0.05, 0.1) is 0 Å². The number of hydrogen-bond donors (Lipinski definition) is 1. The van der Waals surface area contributed by atoms with E-state index < -0.39 is 0 Å². The highest BCUT2D eigenvalue weighted by Crippen LogP contribution is 2.32. The Morgan fingerprint density at radius 1 is 0.944 bits per heavy atom. The molecule has 4 heteroatoms. The molecule has 1 heterocycles. The molecular formula is C14H22N2O2. The summed E-state index contributed by atoms with van der Waals surface area (Å²) in [5, 5.41) is 3.13. The summed E-state index contributed by atoms with van der Waals surface area (Å²) in [5.41, 5.74) is 0. The minimum absolute atomic E-state index is 0.195. The van der Waals surface area contributed by atoms with Gasteiger partial charge in [-0.1, -0.05) is 12.8 Å². The topological polar surface area (TPSA) is 49.4 Å². The molecule has 4 nitrogen and oxygen atoms in total. The minimum Gasteiger partial charge on any atom is -0.351 e. The third-order valence-corrected chi connectivity index (χ3v) is 4.50. The molecule has 1 unspecified atom stereocenters. The van der Waals surface area contributed by atoms with Crippen molar-refractivity contribution >= 4 is 11.8 Å². The molecule has 0 aromatic rings. The number of carbonyl (C=O) groups excluding carboxylic acids is 2. The number of amides is 2. The van der Waals surface area contributed by atoms with Gasteiger partial charge in [-0.15, -0.1) is 0 Å². The van der Waals surface area contributed by atoms with E-state index in [2.05, 4.69) is 5.32 Å². The number of hydrogen-bond acceptors (Lipinski definition) is 2. The van der Waals surface area contributed by atoms with E-state index in [9.17, 15) is 9.59 Å². The van der Waals surface area contributed by atoms with E-state index in [0.717, 1.165) is 45.2 Å². The third kappa shape index (κ3) is 2.52. The van der Waals surface area contributed by atoms with Gasteiger partial charge in [0.15, 0.2) is 0 Å². The van der Waals surface area contributed by atoms with Crippen molar-refractivity contribution in [2.45, 2.75) is 51.0 Å². The van der Waals surface area contributed by atoms with Crippen LogP contribution in [0.3, 0.4) is 0 Å². The molecule has 1 aliphatic heterocycles. The fraction of sp³-hybridized carbons (Fsp3) is 0.857. The third-order valence-electron chi connectivity index (χ3n) is 4.50. The molecule has 0 aromatic heterocycles. The molecule has 0 radical (unpaired) electrons. The fourth-order valence-electron chi connectivity index (χ4n) is 3.17. The second-order valence-electron chi connectivity index (χ2n) is 6.03. The highest BCUT2D eigenvalue weighted by molar-refractivity contribution is 5.82.